The standard InChI is InChI=1S/C15H18FN5/c1-3-12-13-14(20(2)19-12)21(15(17)18-13)9-8-10-4-6-11(16)7-5-10/h4-7H,3,8-9H2,1-2H3,(H2,17,18). The summed E-state index contributed by atoms with van der Waals surface area (Å²) >= 11 is 0. The molecule has 21 heavy (non-hydrogen) atoms. The number of nitrogen functional groups attached to an aromatic ring is 1. The van der Waals surface area contributed by atoms with Gasteiger partial charge in [0, 0.05) is 13.6 Å². The highest BCUT2D eigenvalue weighted by Crippen LogP contribution is 2.21. The van der Waals surface area contributed by atoms with Crippen molar-refractivity contribution in [3.63, 3.8) is 0 Å². The van der Waals surface area contributed by atoms with E-state index in [9.17, 15) is 4.39 Å². The summed E-state index contributed by atoms with van der Waals surface area (Å²) in [4.78, 5) is 4.43. The maximum atomic E-state index is 12.9. The van der Waals surface area contributed by atoms with E-state index in [4.69, 9.17) is 5.73 Å². The van der Waals surface area contributed by atoms with Gasteiger partial charge in [-0.25, -0.2) is 9.37 Å². The molecule has 0 bridgehead atoms. The SMILES string of the molecule is CCc1nn(C)c2c1nc(N)n2CCc1ccc(F)cc1. The average Bonchev–Trinajstić information content (AvgIpc) is 2.95. The number of anilines is 1. The van der Waals surface area contributed by atoms with Crippen LogP contribution in [0.2, 0.25) is 0 Å². The molecule has 0 fully saturated rings. The van der Waals surface area contributed by atoms with Crippen LogP contribution in [0.4, 0.5) is 10.3 Å². The number of nitrogens with two attached hydrogens (primary N) is 1. The molecule has 3 aromatic rings. The van der Waals surface area contributed by atoms with Gasteiger partial charge in [0.05, 0.1) is 5.69 Å². The summed E-state index contributed by atoms with van der Waals surface area (Å²) in [5, 5.41) is 4.46. The zero-order valence-corrected chi connectivity index (χ0v) is 12.2. The lowest BCUT2D eigenvalue weighted by Crippen LogP contribution is -2.09. The van der Waals surface area contributed by atoms with E-state index in [-0.39, 0.29) is 5.82 Å². The van der Waals surface area contributed by atoms with Gasteiger partial charge in [0.1, 0.15) is 11.3 Å². The Bertz CT molecular complexity index is 770. The first kappa shape index (κ1) is 13.6. The van der Waals surface area contributed by atoms with Crippen LogP contribution in [0, 0.1) is 5.82 Å². The van der Waals surface area contributed by atoms with Gasteiger partial charge in [0.25, 0.3) is 0 Å². The lowest BCUT2D eigenvalue weighted by molar-refractivity contribution is 0.625. The second kappa shape index (κ2) is 5.20. The lowest BCUT2D eigenvalue weighted by Gasteiger charge is -2.07. The van der Waals surface area contributed by atoms with Gasteiger partial charge in [0.2, 0.25) is 5.95 Å². The van der Waals surface area contributed by atoms with Crippen molar-refractivity contribution < 1.29 is 4.39 Å². The zero-order chi connectivity index (χ0) is 15.0. The molecule has 2 aromatic heterocycles. The normalized spacial score (nSPS) is 11.4. The Morgan fingerprint density at radius 1 is 1.24 bits per heavy atom. The number of benzene rings is 1. The van der Waals surface area contributed by atoms with E-state index in [0.29, 0.717) is 12.5 Å². The van der Waals surface area contributed by atoms with Crippen LogP contribution in [-0.4, -0.2) is 19.3 Å². The molecule has 2 N–H and O–H groups in total. The Hall–Kier alpha value is -2.37. The average molecular weight is 287 g/mol. The number of nitrogens with zero attached hydrogens (tertiary/aromatic N) is 4. The molecular formula is C15H18FN5. The van der Waals surface area contributed by atoms with Gasteiger partial charge in [-0.05, 0) is 30.5 Å². The molecule has 0 aliphatic carbocycles. The van der Waals surface area contributed by atoms with Crippen LogP contribution < -0.4 is 5.73 Å². The molecule has 0 aliphatic heterocycles. The number of rotatable bonds is 4. The van der Waals surface area contributed by atoms with E-state index in [2.05, 4.69) is 17.0 Å². The Balaban J connectivity index is 1.91. The molecule has 2 heterocycles. The van der Waals surface area contributed by atoms with Crippen LogP contribution in [0.1, 0.15) is 18.2 Å². The third-order valence-electron chi connectivity index (χ3n) is 3.69. The minimum absolute atomic E-state index is 0.220. The fourth-order valence-electron chi connectivity index (χ4n) is 2.61. The maximum absolute atomic E-state index is 12.9. The summed E-state index contributed by atoms with van der Waals surface area (Å²) in [6, 6.07) is 6.53. The van der Waals surface area contributed by atoms with Crippen molar-refractivity contribution in [1.29, 1.82) is 0 Å². The lowest BCUT2D eigenvalue weighted by atomic mass is 10.1. The van der Waals surface area contributed by atoms with E-state index >= 15 is 0 Å². The number of hydrogen-bond donors (Lipinski definition) is 1. The second-order valence-corrected chi connectivity index (χ2v) is 5.09. The van der Waals surface area contributed by atoms with Crippen molar-refractivity contribution >= 4 is 17.1 Å². The van der Waals surface area contributed by atoms with Crippen molar-refractivity contribution in [2.24, 2.45) is 7.05 Å². The quantitative estimate of drug-likeness (QED) is 0.801. The van der Waals surface area contributed by atoms with Gasteiger partial charge < -0.3 is 5.73 Å². The molecule has 0 saturated heterocycles. The first-order valence-electron chi connectivity index (χ1n) is 7.02. The van der Waals surface area contributed by atoms with Crippen molar-refractivity contribution in [2.45, 2.75) is 26.3 Å². The number of aromatic nitrogens is 4. The highest BCUT2D eigenvalue weighted by atomic mass is 19.1. The third-order valence-corrected chi connectivity index (χ3v) is 3.69. The largest absolute Gasteiger partial charge is 0.369 e. The van der Waals surface area contributed by atoms with Crippen LogP contribution in [0.25, 0.3) is 11.2 Å². The van der Waals surface area contributed by atoms with E-state index in [0.717, 1.165) is 35.3 Å². The Kier molecular flexibility index (Phi) is 3.37. The maximum Gasteiger partial charge on any atom is 0.202 e. The van der Waals surface area contributed by atoms with Crippen molar-refractivity contribution in [1.82, 2.24) is 19.3 Å². The van der Waals surface area contributed by atoms with Crippen LogP contribution in [0.15, 0.2) is 24.3 Å². The number of imidazole rings is 1. The monoisotopic (exact) mass is 287 g/mol. The number of aryl methyl sites for hydroxylation is 4. The van der Waals surface area contributed by atoms with Crippen molar-refractivity contribution in [2.75, 3.05) is 5.73 Å². The van der Waals surface area contributed by atoms with Crippen LogP contribution in [0.3, 0.4) is 0 Å². The summed E-state index contributed by atoms with van der Waals surface area (Å²) < 4.78 is 16.7. The molecule has 5 nitrogen and oxygen atoms in total. The highest BCUT2D eigenvalue weighted by molar-refractivity contribution is 5.77. The number of fused-ring (bicyclic) bond motifs is 1. The smallest absolute Gasteiger partial charge is 0.202 e. The van der Waals surface area contributed by atoms with Crippen LogP contribution >= 0.6 is 0 Å². The molecule has 6 heteroatoms. The topological polar surface area (TPSA) is 61.7 Å². The molecule has 0 aliphatic rings. The third kappa shape index (κ3) is 2.37. The van der Waals surface area contributed by atoms with Gasteiger partial charge >= 0.3 is 0 Å². The first-order chi connectivity index (χ1) is 10.1. The predicted octanol–water partition coefficient (Wildman–Crippen LogP) is 2.30. The van der Waals surface area contributed by atoms with E-state index in [1.54, 1.807) is 12.1 Å². The summed E-state index contributed by atoms with van der Waals surface area (Å²) in [7, 11) is 1.90. The Labute approximate surface area is 122 Å². The van der Waals surface area contributed by atoms with Crippen LogP contribution in [0.5, 0.6) is 0 Å². The molecule has 0 radical (unpaired) electrons. The fraction of sp³-hybridized carbons (Fsp3) is 0.333. The van der Waals surface area contributed by atoms with E-state index in [1.165, 1.54) is 12.1 Å². The molecule has 3 rings (SSSR count). The fourth-order valence-corrected chi connectivity index (χ4v) is 2.61. The summed E-state index contributed by atoms with van der Waals surface area (Å²) in [5.74, 6) is 0.275. The van der Waals surface area contributed by atoms with Gasteiger partial charge in [-0.3, -0.25) is 9.25 Å². The second-order valence-electron chi connectivity index (χ2n) is 5.09. The molecule has 110 valence electrons. The molecule has 0 unspecified atom stereocenters. The van der Waals surface area contributed by atoms with Gasteiger partial charge in [0.15, 0.2) is 5.65 Å². The van der Waals surface area contributed by atoms with Crippen LogP contribution in [-0.2, 0) is 26.4 Å². The molecular weight excluding hydrogens is 269 g/mol. The molecule has 0 spiro atoms. The van der Waals surface area contributed by atoms with Crippen molar-refractivity contribution in [3.8, 4) is 0 Å². The predicted molar refractivity (Wildman–Crippen MR) is 80.4 cm³/mol. The minimum atomic E-state index is -0.220. The van der Waals surface area contributed by atoms with Crippen molar-refractivity contribution in [3.05, 3.63) is 41.3 Å². The van der Waals surface area contributed by atoms with Gasteiger partial charge in [-0.2, -0.15) is 5.10 Å². The molecule has 1 aromatic carbocycles. The Morgan fingerprint density at radius 3 is 2.62 bits per heavy atom. The van der Waals surface area contributed by atoms with E-state index in [1.807, 2.05) is 16.3 Å². The van der Waals surface area contributed by atoms with Gasteiger partial charge in [-0.15, -0.1) is 0 Å². The molecule has 0 saturated carbocycles. The highest BCUT2D eigenvalue weighted by Gasteiger charge is 2.16. The number of halogens is 1. The summed E-state index contributed by atoms with van der Waals surface area (Å²) in [5.41, 5.74) is 9.86. The summed E-state index contributed by atoms with van der Waals surface area (Å²) in [6.07, 6.45) is 1.59. The molecule has 0 amide bonds. The Morgan fingerprint density at radius 2 is 1.95 bits per heavy atom. The zero-order valence-electron chi connectivity index (χ0n) is 12.2. The van der Waals surface area contributed by atoms with E-state index < -0.39 is 0 Å². The number of hydrogen-bond acceptors (Lipinski definition) is 3. The molecule has 0 atom stereocenters. The summed E-state index contributed by atoms with van der Waals surface area (Å²) in [6.45, 7) is 2.74. The first-order valence-corrected chi connectivity index (χ1v) is 7.02. The van der Waals surface area contributed by atoms with Gasteiger partial charge in [-0.1, -0.05) is 19.1 Å². The minimum Gasteiger partial charge on any atom is -0.369 e.